The molecular formula is C13H15N3O2. The van der Waals surface area contributed by atoms with Crippen LogP contribution in [0.25, 0.3) is 0 Å². The topological polar surface area (TPSA) is 96.0 Å². The number of rotatable bonds is 5. The second kappa shape index (κ2) is 6.40. The van der Waals surface area contributed by atoms with Crippen LogP contribution in [0.15, 0.2) is 30.3 Å². The number of hydrogen-bond acceptors (Lipinski definition) is 3. The van der Waals surface area contributed by atoms with Crippen LogP contribution in [0.1, 0.15) is 23.7 Å². The average molecular weight is 245 g/mol. The number of primary amides is 1. The fourth-order valence-electron chi connectivity index (χ4n) is 1.48. The highest BCUT2D eigenvalue weighted by Gasteiger charge is 2.21. The van der Waals surface area contributed by atoms with Crippen molar-refractivity contribution in [3.8, 4) is 6.07 Å². The second-order valence-electron chi connectivity index (χ2n) is 4.06. The Morgan fingerprint density at radius 1 is 1.39 bits per heavy atom. The summed E-state index contributed by atoms with van der Waals surface area (Å²) in [5, 5.41) is 11.2. The molecule has 0 saturated heterocycles. The summed E-state index contributed by atoms with van der Waals surface area (Å²) in [5.41, 5.74) is 5.66. The van der Waals surface area contributed by atoms with Crippen LogP contribution in [0.4, 0.5) is 0 Å². The first-order valence-corrected chi connectivity index (χ1v) is 5.59. The molecule has 0 aromatic heterocycles. The Bertz CT molecular complexity index is 465. The molecule has 0 aliphatic carbocycles. The molecule has 0 spiro atoms. The fourth-order valence-corrected chi connectivity index (χ4v) is 1.48. The molecule has 18 heavy (non-hydrogen) atoms. The van der Waals surface area contributed by atoms with E-state index in [1.165, 1.54) is 0 Å². The van der Waals surface area contributed by atoms with Gasteiger partial charge in [-0.15, -0.1) is 0 Å². The molecule has 1 aromatic carbocycles. The Morgan fingerprint density at radius 2 is 2.00 bits per heavy atom. The molecule has 0 fully saturated rings. The minimum absolute atomic E-state index is 0.213. The molecule has 1 rings (SSSR count). The molecule has 0 unspecified atom stereocenters. The molecule has 0 bridgehead atoms. The molecule has 1 aromatic rings. The van der Waals surface area contributed by atoms with Crippen molar-refractivity contribution >= 4 is 11.8 Å². The van der Waals surface area contributed by atoms with Gasteiger partial charge in [-0.2, -0.15) is 5.26 Å². The number of carbonyl (C=O) groups excluding carboxylic acids is 2. The smallest absolute Gasteiger partial charge is 0.251 e. The third kappa shape index (κ3) is 3.91. The number of nitrogens with two attached hydrogens (primary N) is 1. The first-order chi connectivity index (χ1) is 8.54. The van der Waals surface area contributed by atoms with Gasteiger partial charge in [0.1, 0.15) is 6.04 Å². The van der Waals surface area contributed by atoms with E-state index in [-0.39, 0.29) is 18.2 Å². The lowest BCUT2D eigenvalue weighted by atomic mass is 10.0. The van der Waals surface area contributed by atoms with E-state index in [0.717, 1.165) is 0 Å². The van der Waals surface area contributed by atoms with E-state index in [2.05, 4.69) is 5.32 Å². The molecule has 5 heteroatoms. The van der Waals surface area contributed by atoms with Crippen molar-refractivity contribution in [1.82, 2.24) is 5.32 Å². The lowest BCUT2D eigenvalue weighted by Gasteiger charge is -2.16. The number of carbonyl (C=O) groups is 2. The van der Waals surface area contributed by atoms with Crippen molar-refractivity contribution in [3.05, 3.63) is 35.9 Å². The SMILES string of the molecule is C[C@H](C#N)C[C@H](NC(=O)c1ccccc1)C(N)=O. The molecule has 0 aliphatic rings. The minimum atomic E-state index is -0.827. The van der Waals surface area contributed by atoms with E-state index in [1.54, 1.807) is 37.3 Å². The summed E-state index contributed by atoms with van der Waals surface area (Å²) >= 11 is 0. The predicted octanol–water partition coefficient (Wildman–Crippen LogP) is 0.820. The zero-order valence-corrected chi connectivity index (χ0v) is 10.1. The molecule has 2 atom stereocenters. The van der Waals surface area contributed by atoms with Crippen LogP contribution < -0.4 is 11.1 Å². The van der Waals surface area contributed by atoms with Crippen LogP contribution in [0, 0.1) is 17.2 Å². The van der Waals surface area contributed by atoms with Gasteiger partial charge in [0.2, 0.25) is 5.91 Å². The summed E-state index contributed by atoms with van der Waals surface area (Å²) in [6.45, 7) is 1.67. The van der Waals surface area contributed by atoms with Gasteiger partial charge in [-0.05, 0) is 25.5 Å². The van der Waals surface area contributed by atoms with Gasteiger partial charge in [0.25, 0.3) is 5.91 Å². The van der Waals surface area contributed by atoms with Crippen LogP contribution in [0.5, 0.6) is 0 Å². The molecule has 0 heterocycles. The van der Waals surface area contributed by atoms with Gasteiger partial charge in [-0.3, -0.25) is 9.59 Å². The Kier molecular flexibility index (Phi) is 4.88. The molecular weight excluding hydrogens is 230 g/mol. The zero-order valence-electron chi connectivity index (χ0n) is 10.1. The number of benzene rings is 1. The highest BCUT2D eigenvalue weighted by atomic mass is 16.2. The van der Waals surface area contributed by atoms with Gasteiger partial charge in [-0.25, -0.2) is 0 Å². The zero-order chi connectivity index (χ0) is 13.5. The maximum Gasteiger partial charge on any atom is 0.251 e. The third-order valence-electron chi connectivity index (χ3n) is 2.49. The summed E-state index contributed by atoms with van der Waals surface area (Å²) in [7, 11) is 0. The normalized spacial score (nSPS) is 13.1. The van der Waals surface area contributed by atoms with Gasteiger partial charge in [0.05, 0.1) is 6.07 Å². The lowest BCUT2D eigenvalue weighted by Crippen LogP contribution is -2.45. The first kappa shape index (κ1) is 13.7. The van der Waals surface area contributed by atoms with Gasteiger partial charge in [0.15, 0.2) is 0 Å². The van der Waals surface area contributed by atoms with Gasteiger partial charge in [-0.1, -0.05) is 18.2 Å². The monoisotopic (exact) mass is 245 g/mol. The van der Waals surface area contributed by atoms with Gasteiger partial charge < -0.3 is 11.1 Å². The molecule has 0 saturated carbocycles. The highest BCUT2D eigenvalue weighted by molar-refractivity contribution is 5.97. The minimum Gasteiger partial charge on any atom is -0.368 e. The molecule has 94 valence electrons. The number of hydrogen-bond donors (Lipinski definition) is 2. The van der Waals surface area contributed by atoms with Crippen LogP contribution in [-0.4, -0.2) is 17.9 Å². The van der Waals surface area contributed by atoms with Crippen molar-refractivity contribution in [2.24, 2.45) is 11.7 Å². The van der Waals surface area contributed by atoms with Gasteiger partial charge >= 0.3 is 0 Å². The highest BCUT2D eigenvalue weighted by Crippen LogP contribution is 2.06. The summed E-state index contributed by atoms with van der Waals surface area (Å²) in [6.07, 6.45) is 0.213. The second-order valence-corrected chi connectivity index (χ2v) is 4.06. The third-order valence-corrected chi connectivity index (χ3v) is 2.49. The van der Waals surface area contributed by atoms with Crippen molar-refractivity contribution in [2.75, 3.05) is 0 Å². The number of amides is 2. The average Bonchev–Trinajstić information content (AvgIpc) is 2.38. The molecule has 3 N–H and O–H groups in total. The van der Waals surface area contributed by atoms with E-state index >= 15 is 0 Å². The summed E-state index contributed by atoms with van der Waals surface area (Å²) in [4.78, 5) is 23.0. The molecule has 0 radical (unpaired) electrons. The summed E-state index contributed by atoms with van der Waals surface area (Å²) in [6, 6.07) is 9.71. The Labute approximate surface area is 106 Å². The fraction of sp³-hybridized carbons (Fsp3) is 0.308. The van der Waals surface area contributed by atoms with Crippen LogP contribution in [0.2, 0.25) is 0 Å². The predicted molar refractivity (Wildman–Crippen MR) is 66.3 cm³/mol. The van der Waals surface area contributed by atoms with Crippen LogP contribution in [0.3, 0.4) is 0 Å². The molecule has 2 amide bonds. The Morgan fingerprint density at radius 3 is 2.50 bits per heavy atom. The summed E-state index contributed by atoms with van der Waals surface area (Å²) in [5.74, 6) is -1.36. The van der Waals surface area contributed by atoms with E-state index in [4.69, 9.17) is 11.0 Å². The molecule has 5 nitrogen and oxygen atoms in total. The van der Waals surface area contributed by atoms with E-state index in [9.17, 15) is 9.59 Å². The summed E-state index contributed by atoms with van der Waals surface area (Å²) < 4.78 is 0. The number of nitrogens with zero attached hydrogens (tertiary/aromatic N) is 1. The van der Waals surface area contributed by atoms with Crippen molar-refractivity contribution in [2.45, 2.75) is 19.4 Å². The van der Waals surface area contributed by atoms with Crippen LogP contribution in [-0.2, 0) is 4.79 Å². The number of nitrogens with one attached hydrogen (secondary N) is 1. The Hall–Kier alpha value is -2.35. The number of nitriles is 1. The van der Waals surface area contributed by atoms with Crippen molar-refractivity contribution in [1.29, 1.82) is 5.26 Å². The lowest BCUT2D eigenvalue weighted by molar-refractivity contribution is -0.120. The largest absolute Gasteiger partial charge is 0.368 e. The maximum atomic E-state index is 11.8. The van der Waals surface area contributed by atoms with E-state index in [1.807, 2.05) is 6.07 Å². The van der Waals surface area contributed by atoms with Gasteiger partial charge in [0, 0.05) is 11.5 Å². The van der Waals surface area contributed by atoms with E-state index in [0.29, 0.717) is 5.56 Å². The quantitative estimate of drug-likeness (QED) is 0.803. The maximum absolute atomic E-state index is 11.8. The first-order valence-electron chi connectivity index (χ1n) is 5.59. The van der Waals surface area contributed by atoms with E-state index < -0.39 is 11.9 Å². The Balaban J connectivity index is 2.71. The van der Waals surface area contributed by atoms with Crippen LogP contribution >= 0.6 is 0 Å². The molecule has 0 aliphatic heterocycles. The standard InChI is InChI=1S/C13H15N3O2/c1-9(8-14)7-11(12(15)17)16-13(18)10-5-3-2-4-6-10/h2-6,9,11H,7H2,1H3,(H2,15,17)(H,16,18)/t9-,11-/m0/s1. The van der Waals surface area contributed by atoms with Crippen molar-refractivity contribution < 1.29 is 9.59 Å². The van der Waals surface area contributed by atoms with Crippen molar-refractivity contribution in [3.63, 3.8) is 0 Å².